The SMILES string of the molecule is COCCN1CCC(c2cncc(F)c2)C1.Cn1cc(-c2nn(-c3ccccc3)c(NC(N)=O)c2Br)cn1. The third kappa shape index (κ3) is 6.82. The molecule has 1 aliphatic rings. The summed E-state index contributed by atoms with van der Waals surface area (Å²) < 4.78 is 22.0. The summed E-state index contributed by atoms with van der Waals surface area (Å²) in [6, 6.07) is 10.4. The average molecular weight is 585 g/mol. The van der Waals surface area contributed by atoms with Crippen LogP contribution in [-0.2, 0) is 11.8 Å². The van der Waals surface area contributed by atoms with E-state index in [4.69, 9.17) is 10.5 Å². The summed E-state index contributed by atoms with van der Waals surface area (Å²) in [5.41, 5.74) is 8.58. The quantitative estimate of drug-likeness (QED) is 0.336. The first-order valence-corrected chi connectivity index (χ1v) is 12.9. The van der Waals surface area contributed by atoms with Crippen LogP contribution in [0.3, 0.4) is 0 Å². The molecule has 1 fully saturated rings. The zero-order chi connectivity index (χ0) is 27.1. The van der Waals surface area contributed by atoms with E-state index >= 15 is 0 Å². The lowest BCUT2D eigenvalue weighted by atomic mass is 10.0. The van der Waals surface area contributed by atoms with Crippen LogP contribution >= 0.6 is 15.9 Å². The second kappa shape index (κ2) is 12.8. The van der Waals surface area contributed by atoms with Crippen LogP contribution in [0.1, 0.15) is 17.9 Å². The first-order valence-electron chi connectivity index (χ1n) is 12.1. The van der Waals surface area contributed by atoms with Crippen LogP contribution in [0.25, 0.3) is 16.9 Å². The molecule has 3 N–H and O–H groups in total. The number of nitrogens with one attached hydrogen (secondary N) is 1. The van der Waals surface area contributed by atoms with Crippen molar-refractivity contribution in [3.8, 4) is 16.9 Å². The number of carbonyl (C=O) groups is 1. The highest BCUT2D eigenvalue weighted by atomic mass is 79.9. The second-order valence-electron chi connectivity index (χ2n) is 8.87. The molecular formula is C26H30BrFN8O2. The number of aryl methyl sites for hydroxylation is 1. The summed E-state index contributed by atoms with van der Waals surface area (Å²) in [5, 5.41) is 11.3. The Morgan fingerprint density at radius 2 is 2.05 bits per heavy atom. The van der Waals surface area contributed by atoms with Crippen molar-refractivity contribution in [1.82, 2.24) is 29.4 Å². The molecule has 0 saturated carbocycles. The van der Waals surface area contributed by atoms with Gasteiger partial charge in [-0.3, -0.25) is 15.0 Å². The van der Waals surface area contributed by atoms with Crippen molar-refractivity contribution in [3.05, 3.63) is 77.0 Å². The number of likely N-dealkylation sites (tertiary alicyclic amines) is 1. The molecule has 10 nitrogen and oxygen atoms in total. The van der Waals surface area contributed by atoms with Gasteiger partial charge in [-0.25, -0.2) is 13.9 Å². The molecule has 4 heterocycles. The number of nitrogens with zero attached hydrogens (tertiary/aromatic N) is 6. The van der Waals surface area contributed by atoms with E-state index < -0.39 is 6.03 Å². The Balaban J connectivity index is 0.000000186. The van der Waals surface area contributed by atoms with Gasteiger partial charge in [-0.05, 0) is 58.6 Å². The second-order valence-corrected chi connectivity index (χ2v) is 9.66. The summed E-state index contributed by atoms with van der Waals surface area (Å²) in [6.45, 7) is 3.75. The number of halogens is 2. The fraction of sp³-hybridized carbons (Fsp3) is 0.308. The summed E-state index contributed by atoms with van der Waals surface area (Å²) >= 11 is 3.48. The average Bonchev–Trinajstić information content (AvgIpc) is 3.63. The predicted octanol–water partition coefficient (Wildman–Crippen LogP) is 4.18. The molecule has 1 atom stereocenters. The first-order chi connectivity index (χ1) is 18.4. The molecule has 1 saturated heterocycles. The predicted molar refractivity (Wildman–Crippen MR) is 147 cm³/mol. The molecule has 1 aliphatic heterocycles. The summed E-state index contributed by atoms with van der Waals surface area (Å²) in [6.07, 6.45) is 7.65. The number of ether oxygens (including phenoxy) is 1. The van der Waals surface area contributed by atoms with E-state index in [0.717, 1.165) is 49.5 Å². The number of aromatic nitrogens is 5. The molecule has 4 aromatic rings. The number of anilines is 1. The van der Waals surface area contributed by atoms with E-state index in [2.05, 4.69) is 41.3 Å². The van der Waals surface area contributed by atoms with Crippen molar-refractivity contribution in [3.63, 3.8) is 0 Å². The number of nitrogens with two attached hydrogens (primary N) is 1. The molecule has 0 aliphatic carbocycles. The molecule has 1 unspecified atom stereocenters. The van der Waals surface area contributed by atoms with Gasteiger partial charge in [0.15, 0.2) is 5.82 Å². The van der Waals surface area contributed by atoms with Gasteiger partial charge in [-0.15, -0.1) is 0 Å². The van der Waals surface area contributed by atoms with Crippen molar-refractivity contribution >= 4 is 27.8 Å². The Labute approximate surface area is 228 Å². The number of methoxy groups -OCH3 is 1. The van der Waals surface area contributed by atoms with Gasteiger partial charge in [0.05, 0.1) is 29.2 Å². The fourth-order valence-electron chi connectivity index (χ4n) is 4.29. The number of amides is 2. The number of hydrogen-bond acceptors (Lipinski definition) is 6. The Bertz CT molecular complexity index is 1360. The smallest absolute Gasteiger partial charge is 0.317 e. The molecule has 12 heteroatoms. The zero-order valence-corrected chi connectivity index (χ0v) is 22.8. The van der Waals surface area contributed by atoms with E-state index in [1.807, 2.05) is 43.6 Å². The number of hydrogen-bond donors (Lipinski definition) is 2. The van der Waals surface area contributed by atoms with Crippen molar-refractivity contribution in [2.24, 2.45) is 12.8 Å². The van der Waals surface area contributed by atoms with Gasteiger partial charge >= 0.3 is 6.03 Å². The Morgan fingerprint density at radius 1 is 1.26 bits per heavy atom. The normalized spacial score (nSPS) is 15.2. The first kappa shape index (κ1) is 27.4. The molecule has 0 spiro atoms. The van der Waals surface area contributed by atoms with Crippen molar-refractivity contribution in [2.75, 3.05) is 38.7 Å². The molecule has 0 radical (unpaired) electrons. The molecule has 3 aromatic heterocycles. The van der Waals surface area contributed by atoms with Crippen LogP contribution in [0, 0.1) is 5.82 Å². The van der Waals surface area contributed by atoms with Crippen LogP contribution in [0.4, 0.5) is 15.0 Å². The number of para-hydroxylation sites is 1. The Morgan fingerprint density at radius 3 is 2.71 bits per heavy atom. The van der Waals surface area contributed by atoms with Crippen LogP contribution < -0.4 is 11.1 Å². The summed E-state index contributed by atoms with van der Waals surface area (Å²) in [7, 11) is 3.54. The third-order valence-electron chi connectivity index (χ3n) is 6.13. The Hall–Kier alpha value is -3.61. The van der Waals surface area contributed by atoms with E-state index in [9.17, 15) is 9.18 Å². The van der Waals surface area contributed by atoms with E-state index in [0.29, 0.717) is 21.9 Å². The van der Waals surface area contributed by atoms with Crippen molar-refractivity contribution < 1.29 is 13.9 Å². The van der Waals surface area contributed by atoms with Crippen LogP contribution in [0.5, 0.6) is 0 Å². The number of primary amides is 1. The highest BCUT2D eigenvalue weighted by Gasteiger charge is 2.24. The van der Waals surface area contributed by atoms with Crippen molar-refractivity contribution in [2.45, 2.75) is 12.3 Å². The lowest BCUT2D eigenvalue weighted by molar-refractivity contribution is 0.160. The molecule has 0 bridgehead atoms. The highest BCUT2D eigenvalue weighted by molar-refractivity contribution is 9.10. The minimum absolute atomic E-state index is 0.243. The molecular weight excluding hydrogens is 555 g/mol. The zero-order valence-electron chi connectivity index (χ0n) is 21.2. The van der Waals surface area contributed by atoms with Gasteiger partial charge in [0, 0.05) is 45.2 Å². The Kier molecular flexibility index (Phi) is 9.21. The number of carbonyl (C=O) groups excluding carboxylic acids is 1. The van der Waals surface area contributed by atoms with E-state index in [1.165, 1.54) is 6.20 Å². The monoisotopic (exact) mass is 584 g/mol. The summed E-state index contributed by atoms with van der Waals surface area (Å²) in [5.74, 6) is 0.644. The van der Waals surface area contributed by atoms with Crippen molar-refractivity contribution in [1.29, 1.82) is 0 Å². The van der Waals surface area contributed by atoms with Gasteiger partial charge in [0.1, 0.15) is 11.5 Å². The number of rotatable bonds is 7. The minimum atomic E-state index is -0.657. The van der Waals surface area contributed by atoms with Crippen LogP contribution in [0.2, 0.25) is 0 Å². The van der Waals surface area contributed by atoms with Crippen LogP contribution in [0.15, 0.2) is 65.7 Å². The largest absolute Gasteiger partial charge is 0.383 e. The van der Waals surface area contributed by atoms with Gasteiger partial charge in [0.2, 0.25) is 0 Å². The van der Waals surface area contributed by atoms with Gasteiger partial charge in [0.25, 0.3) is 0 Å². The maximum Gasteiger partial charge on any atom is 0.317 e. The van der Waals surface area contributed by atoms with Gasteiger partial charge in [-0.2, -0.15) is 10.2 Å². The lowest BCUT2D eigenvalue weighted by Gasteiger charge is -2.15. The minimum Gasteiger partial charge on any atom is -0.383 e. The molecule has 200 valence electrons. The maximum atomic E-state index is 13.0. The van der Waals surface area contributed by atoms with Gasteiger partial charge < -0.3 is 15.4 Å². The lowest BCUT2D eigenvalue weighted by Crippen LogP contribution is -2.24. The highest BCUT2D eigenvalue weighted by Crippen LogP contribution is 2.35. The topological polar surface area (TPSA) is 116 Å². The molecule has 38 heavy (non-hydrogen) atoms. The van der Waals surface area contributed by atoms with E-state index in [1.54, 1.807) is 34.9 Å². The number of urea groups is 1. The van der Waals surface area contributed by atoms with E-state index in [-0.39, 0.29) is 5.82 Å². The number of benzene rings is 1. The van der Waals surface area contributed by atoms with Gasteiger partial charge in [-0.1, -0.05) is 18.2 Å². The maximum absolute atomic E-state index is 13.0. The fourth-order valence-corrected chi connectivity index (χ4v) is 4.86. The number of pyridine rings is 1. The van der Waals surface area contributed by atoms with Crippen LogP contribution in [-0.4, -0.2) is 68.8 Å². The molecule has 1 aromatic carbocycles. The molecule has 2 amide bonds. The third-order valence-corrected chi connectivity index (χ3v) is 6.88. The standard InChI is InChI=1S/C14H13BrN6O.C12H17FN2O/c1-20-8-9(7-17-20)12-11(15)13(18-14(16)22)21(19-12)10-5-3-2-4-6-10;1-16-5-4-15-3-2-10(9-15)11-6-12(13)8-14-7-11/h2-8H,1H3,(H3,16,18,22);6-8,10H,2-5,9H2,1H3. The summed E-state index contributed by atoms with van der Waals surface area (Å²) in [4.78, 5) is 17.5. The molecule has 5 rings (SSSR count).